The summed E-state index contributed by atoms with van der Waals surface area (Å²) in [7, 11) is 0. The molecule has 1 heteroatoms. The molecule has 0 saturated carbocycles. The van der Waals surface area contributed by atoms with Crippen molar-refractivity contribution in [1.82, 2.24) is 0 Å². The van der Waals surface area contributed by atoms with Crippen molar-refractivity contribution >= 4 is 0 Å². The molecule has 0 aliphatic rings. The highest BCUT2D eigenvalue weighted by molar-refractivity contribution is 5.36. The topological polar surface area (TPSA) is 23.8 Å². The third-order valence-corrected chi connectivity index (χ3v) is 0.871. The number of nitriles is 1. The zero-order valence-electron chi connectivity index (χ0n) is 6.39. The second-order valence-electron chi connectivity index (χ2n) is 2.19. The van der Waals surface area contributed by atoms with Crippen molar-refractivity contribution in [3.05, 3.63) is 36.0 Å². The molecule has 0 bridgehead atoms. The monoisotopic (exact) mass is 133 g/mol. The molecule has 0 aliphatic heterocycles. The molecule has 52 valence electrons. The summed E-state index contributed by atoms with van der Waals surface area (Å²) < 4.78 is 0. The van der Waals surface area contributed by atoms with E-state index in [1.807, 2.05) is 26.0 Å². The molecule has 0 rings (SSSR count). The zero-order chi connectivity index (χ0) is 7.98. The van der Waals surface area contributed by atoms with Gasteiger partial charge in [0.2, 0.25) is 0 Å². The smallest absolute Gasteiger partial charge is 0.0991 e. The number of hydrogen-bond donors (Lipinski definition) is 0. The van der Waals surface area contributed by atoms with E-state index >= 15 is 0 Å². The van der Waals surface area contributed by atoms with E-state index < -0.39 is 0 Å². The minimum atomic E-state index is 0.648. The van der Waals surface area contributed by atoms with Gasteiger partial charge >= 0.3 is 0 Å². The Kier molecular flexibility index (Phi) is 3.99. The van der Waals surface area contributed by atoms with E-state index in [1.54, 1.807) is 12.2 Å². The molecule has 0 aliphatic carbocycles. The Balaban J connectivity index is 4.42. The summed E-state index contributed by atoms with van der Waals surface area (Å²) in [5.74, 6) is 0. The van der Waals surface area contributed by atoms with Gasteiger partial charge in [-0.15, -0.1) is 0 Å². The van der Waals surface area contributed by atoms with Gasteiger partial charge in [0.15, 0.2) is 0 Å². The van der Waals surface area contributed by atoms with E-state index in [-0.39, 0.29) is 0 Å². The van der Waals surface area contributed by atoms with Crippen LogP contribution in [0.2, 0.25) is 0 Å². The lowest BCUT2D eigenvalue weighted by molar-refractivity contribution is 1.37. The third kappa shape index (κ3) is 3.68. The van der Waals surface area contributed by atoms with Gasteiger partial charge in [-0.1, -0.05) is 18.2 Å². The number of allylic oxidation sites excluding steroid dienone is 5. The molecule has 10 heavy (non-hydrogen) atoms. The molecule has 0 fully saturated rings. The lowest BCUT2D eigenvalue weighted by atomic mass is 10.2. The summed E-state index contributed by atoms with van der Waals surface area (Å²) in [6, 6.07) is 2.05. The fraction of sp³-hybridized carbons (Fsp3) is 0.222. The van der Waals surface area contributed by atoms with Crippen LogP contribution in [0.1, 0.15) is 13.8 Å². The van der Waals surface area contributed by atoms with Gasteiger partial charge in [-0.3, -0.25) is 0 Å². The number of nitrogens with zero attached hydrogens (tertiary/aromatic N) is 1. The van der Waals surface area contributed by atoms with Crippen LogP contribution in [0.25, 0.3) is 0 Å². The van der Waals surface area contributed by atoms with Gasteiger partial charge < -0.3 is 0 Å². The van der Waals surface area contributed by atoms with Gasteiger partial charge in [0, 0.05) is 0 Å². The first kappa shape index (κ1) is 8.71. The summed E-state index contributed by atoms with van der Waals surface area (Å²) in [5.41, 5.74) is 1.77. The molecule has 0 saturated heterocycles. The van der Waals surface area contributed by atoms with Crippen molar-refractivity contribution in [1.29, 1.82) is 5.26 Å². The van der Waals surface area contributed by atoms with Gasteiger partial charge in [-0.25, -0.2) is 0 Å². The van der Waals surface area contributed by atoms with Crippen LogP contribution in [0.3, 0.4) is 0 Å². The summed E-state index contributed by atoms with van der Waals surface area (Å²) in [6.07, 6.45) is 5.12. The second-order valence-corrected chi connectivity index (χ2v) is 2.19. The van der Waals surface area contributed by atoms with Crippen LogP contribution in [0, 0.1) is 11.3 Å². The van der Waals surface area contributed by atoms with Crippen molar-refractivity contribution in [2.75, 3.05) is 0 Å². The molecule has 1 nitrogen and oxygen atoms in total. The highest BCUT2D eigenvalue weighted by Crippen LogP contribution is 1.99. The molecule has 0 N–H and O–H groups in total. The second kappa shape index (κ2) is 4.58. The molecule has 0 heterocycles. The molecule has 0 aromatic rings. The van der Waals surface area contributed by atoms with Crippen molar-refractivity contribution in [3.8, 4) is 6.07 Å². The molecular weight excluding hydrogens is 122 g/mol. The average molecular weight is 133 g/mol. The summed E-state index contributed by atoms with van der Waals surface area (Å²) in [4.78, 5) is 0. The first-order valence-electron chi connectivity index (χ1n) is 3.08. The predicted octanol–water partition coefficient (Wildman–Crippen LogP) is 2.59. The quantitative estimate of drug-likeness (QED) is 0.419. The zero-order valence-corrected chi connectivity index (χ0v) is 6.39. The Bertz CT molecular complexity index is 209. The van der Waals surface area contributed by atoms with Gasteiger partial charge in [0.05, 0.1) is 11.6 Å². The normalized spacial score (nSPS) is 9.90. The highest BCUT2D eigenvalue weighted by Gasteiger charge is 1.85. The maximum atomic E-state index is 8.50. The number of hydrogen-bond acceptors (Lipinski definition) is 1. The average Bonchev–Trinajstić information content (AvgIpc) is 1.86. The van der Waals surface area contributed by atoms with E-state index in [4.69, 9.17) is 5.26 Å². The Labute approximate surface area is 62.0 Å². The lowest BCUT2D eigenvalue weighted by Gasteiger charge is -1.86. The lowest BCUT2D eigenvalue weighted by Crippen LogP contribution is -1.71. The molecule has 0 aromatic carbocycles. The van der Waals surface area contributed by atoms with E-state index in [9.17, 15) is 0 Å². The van der Waals surface area contributed by atoms with Crippen LogP contribution in [0.15, 0.2) is 36.0 Å². The third-order valence-electron chi connectivity index (χ3n) is 0.871. The Hall–Kier alpha value is -1.29. The molecule has 0 aromatic heterocycles. The van der Waals surface area contributed by atoms with Crippen molar-refractivity contribution in [2.24, 2.45) is 0 Å². The van der Waals surface area contributed by atoms with Gasteiger partial charge in [-0.05, 0) is 26.0 Å². The van der Waals surface area contributed by atoms with Crippen LogP contribution in [0.5, 0.6) is 0 Å². The highest BCUT2D eigenvalue weighted by atomic mass is 14.2. The fourth-order valence-corrected chi connectivity index (χ4v) is 0.556. The Morgan fingerprint density at radius 3 is 2.40 bits per heavy atom. The molecule has 0 unspecified atom stereocenters. The minimum Gasteiger partial charge on any atom is -0.192 e. The minimum absolute atomic E-state index is 0.648. The van der Waals surface area contributed by atoms with E-state index in [0.717, 1.165) is 5.57 Å². The van der Waals surface area contributed by atoms with Gasteiger partial charge in [-0.2, -0.15) is 5.26 Å². The van der Waals surface area contributed by atoms with Crippen LogP contribution >= 0.6 is 0 Å². The van der Waals surface area contributed by atoms with E-state index in [0.29, 0.717) is 5.57 Å². The maximum absolute atomic E-state index is 8.50. The Morgan fingerprint density at radius 1 is 1.50 bits per heavy atom. The van der Waals surface area contributed by atoms with E-state index in [1.165, 1.54) is 0 Å². The standard InChI is InChI=1S/C9H11N/c1-4-5-9(7-10)6-8(2)3/h4-6H,1H2,2-3H3/b9-5+. The van der Waals surface area contributed by atoms with E-state index in [2.05, 4.69) is 6.58 Å². The largest absolute Gasteiger partial charge is 0.192 e. The van der Waals surface area contributed by atoms with Crippen LogP contribution < -0.4 is 0 Å². The SMILES string of the molecule is C=C/C=C(/C#N)C=C(C)C. The van der Waals surface area contributed by atoms with Crippen LogP contribution in [-0.2, 0) is 0 Å². The Morgan fingerprint density at radius 2 is 2.10 bits per heavy atom. The molecule has 0 spiro atoms. The van der Waals surface area contributed by atoms with Gasteiger partial charge in [0.1, 0.15) is 0 Å². The molecule has 0 radical (unpaired) electrons. The fourth-order valence-electron chi connectivity index (χ4n) is 0.556. The number of rotatable bonds is 2. The first-order chi connectivity index (χ1) is 4.70. The van der Waals surface area contributed by atoms with Crippen LogP contribution in [0.4, 0.5) is 0 Å². The summed E-state index contributed by atoms with van der Waals surface area (Å²) in [6.45, 7) is 7.40. The molecule has 0 amide bonds. The first-order valence-corrected chi connectivity index (χ1v) is 3.08. The van der Waals surface area contributed by atoms with Crippen LogP contribution in [-0.4, -0.2) is 0 Å². The van der Waals surface area contributed by atoms with Crippen molar-refractivity contribution in [2.45, 2.75) is 13.8 Å². The predicted molar refractivity (Wildman–Crippen MR) is 43.3 cm³/mol. The van der Waals surface area contributed by atoms with Crippen molar-refractivity contribution in [3.63, 3.8) is 0 Å². The molecular formula is C9H11N. The summed E-state index contributed by atoms with van der Waals surface area (Å²) in [5, 5.41) is 8.50. The summed E-state index contributed by atoms with van der Waals surface area (Å²) >= 11 is 0. The van der Waals surface area contributed by atoms with Crippen molar-refractivity contribution < 1.29 is 0 Å². The maximum Gasteiger partial charge on any atom is 0.0991 e. The van der Waals surface area contributed by atoms with Gasteiger partial charge in [0.25, 0.3) is 0 Å². The molecule has 0 atom stereocenters.